The van der Waals surface area contributed by atoms with Gasteiger partial charge >= 0.3 is 0 Å². The first-order chi connectivity index (χ1) is 6.45. The molecule has 2 nitrogen and oxygen atoms in total. The summed E-state index contributed by atoms with van der Waals surface area (Å²) in [6, 6.07) is 0.781. The van der Waals surface area contributed by atoms with E-state index in [9.17, 15) is 0 Å². The van der Waals surface area contributed by atoms with Crippen molar-refractivity contribution >= 4 is 0 Å². The quantitative estimate of drug-likeness (QED) is 0.630. The molecular formula is C11H22N2. The van der Waals surface area contributed by atoms with Gasteiger partial charge in [0.15, 0.2) is 0 Å². The number of nitrogens with one attached hydrogen (secondary N) is 2. The van der Waals surface area contributed by atoms with E-state index in [1.807, 2.05) is 0 Å². The summed E-state index contributed by atoms with van der Waals surface area (Å²) in [5, 5.41) is 6.86. The lowest BCUT2D eigenvalue weighted by Gasteiger charge is -2.28. The molecule has 0 amide bonds. The highest BCUT2D eigenvalue weighted by atomic mass is 15.1. The maximum Gasteiger partial charge on any atom is 0.0317 e. The third-order valence-corrected chi connectivity index (χ3v) is 3.48. The van der Waals surface area contributed by atoms with Crippen molar-refractivity contribution in [2.24, 2.45) is 5.92 Å². The zero-order chi connectivity index (χ0) is 8.93. The van der Waals surface area contributed by atoms with E-state index in [1.54, 1.807) is 0 Å². The van der Waals surface area contributed by atoms with Gasteiger partial charge < -0.3 is 10.6 Å². The smallest absolute Gasteiger partial charge is 0.0317 e. The molecule has 0 atom stereocenters. The monoisotopic (exact) mass is 182 g/mol. The average Bonchev–Trinajstić information content (AvgIpc) is 2.53. The van der Waals surface area contributed by atoms with E-state index in [0.29, 0.717) is 0 Å². The van der Waals surface area contributed by atoms with Gasteiger partial charge in [-0.15, -0.1) is 0 Å². The second-order valence-electron chi connectivity index (χ2n) is 4.60. The Bertz CT molecular complexity index is 137. The first-order valence-electron chi connectivity index (χ1n) is 5.89. The molecule has 76 valence electrons. The van der Waals surface area contributed by atoms with Crippen LogP contribution in [-0.2, 0) is 0 Å². The maximum atomic E-state index is 3.58. The fourth-order valence-corrected chi connectivity index (χ4v) is 2.43. The third kappa shape index (κ3) is 2.96. The van der Waals surface area contributed by atoms with Crippen molar-refractivity contribution in [3.63, 3.8) is 0 Å². The van der Waals surface area contributed by atoms with Gasteiger partial charge in [-0.3, -0.25) is 0 Å². The second kappa shape index (κ2) is 4.97. The first kappa shape index (κ1) is 9.47. The van der Waals surface area contributed by atoms with Crippen LogP contribution in [0, 0.1) is 5.92 Å². The van der Waals surface area contributed by atoms with Crippen molar-refractivity contribution in [1.29, 1.82) is 0 Å². The Morgan fingerprint density at radius 1 is 1.15 bits per heavy atom. The van der Waals surface area contributed by atoms with Gasteiger partial charge in [-0.25, -0.2) is 0 Å². The molecule has 0 unspecified atom stereocenters. The Labute approximate surface area is 81.5 Å². The average molecular weight is 182 g/mol. The second-order valence-corrected chi connectivity index (χ2v) is 4.60. The first-order valence-corrected chi connectivity index (χ1v) is 5.89. The molecule has 0 aromatic heterocycles. The van der Waals surface area contributed by atoms with E-state index < -0.39 is 0 Å². The molecule has 0 aromatic carbocycles. The zero-order valence-corrected chi connectivity index (χ0v) is 8.52. The Hall–Kier alpha value is -0.0800. The molecule has 13 heavy (non-hydrogen) atoms. The minimum atomic E-state index is 0.781. The molecule has 0 bridgehead atoms. The molecule has 0 aromatic rings. The van der Waals surface area contributed by atoms with Crippen molar-refractivity contribution in [1.82, 2.24) is 10.6 Å². The lowest BCUT2D eigenvalue weighted by Crippen LogP contribution is -2.55. The van der Waals surface area contributed by atoms with Crippen LogP contribution in [0.25, 0.3) is 0 Å². The van der Waals surface area contributed by atoms with Crippen LogP contribution in [0.3, 0.4) is 0 Å². The van der Waals surface area contributed by atoms with Gasteiger partial charge in [0.1, 0.15) is 0 Å². The summed E-state index contributed by atoms with van der Waals surface area (Å²) in [5.74, 6) is 1.07. The van der Waals surface area contributed by atoms with Crippen molar-refractivity contribution in [2.45, 2.75) is 44.6 Å². The summed E-state index contributed by atoms with van der Waals surface area (Å²) in [6.07, 6.45) is 8.85. The Kier molecular flexibility index (Phi) is 3.62. The van der Waals surface area contributed by atoms with E-state index >= 15 is 0 Å². The number of rotatable bonds is 5. The van der Waals surface area contributed by atoms with Gasteiger partial charge in [0, 0.05) is 19.1 Å². The predicted octanol–water partition coefficient (Wildman–Crippen LogP) is 1.52. The molecule has 0 radical (unpaired) electrons. The molecule has 2 fully saturated rings. The highest BCUT2D eigenvalue weighted by molar-refractivity contribution is 4.81. The Morgan fingerprint density at radius 2 is 1.92 bits per heavy atom. The van der Waals surface area contributed by atoms with Crippen LogP contribution in [0.2, 0.25) is 0 Å². The fraction of sp³-hybridized carbons (Fsp3) is 1.00. The van der Waals surface area contributed by atoms with Crippen LogP contribution in [-0.4, -0.2) is 25.7 Å². The molecule has 1 saturated carbocycles. The minimum Gasteiger partial charge on any atom is -0.314 e. The van der Waals surface area contributed by atoms with Crippen LogP contribution >= 0.6 is 0 Å². The van der Waals surface area contributed by atoms with Crippen molar-refractivity contribution in [2.75, 3.05) is 19.6 Å². The van der Waals surface area contributed by atoms with E-state index in [0.717, 1.165) is 12.0 Å². The Balaban J connectivity index is 1.43. The third-order valence-electron chi connectivity index (χ3n) is 3.48. The SMILES string of the molecule is C1CCC(CCCNC2CNC2)C1. The summed E-state index contributed by atoms with van der Waals surface area (Å²) >= 11 is 0. The van der Waals surface area contributed by atoms with Gasteiger partial charge in [-0.2, -0.15) is 0 Å². The van der Waals surface area contributed by atoms with Crippen LogP contribution < -0.4 is 10.6 Å². The van der Waals surface area contributed by atoms with Gasteiger partial charge in [-0.1, -0.05) is 25.7 Å². The van der Waals surface area contributed by atoms with Gasteiger partial charge in [0.2, 0.25) is 0 Å². The number of hydrogen-bond donors (Lipinski definition) is 2. The summed E-state index contributed by atoms with van der Waals surface area (Å²) in [5.41, 5.74) is 0. The van der Waals surface area contributed by atoms with Crippen LogP contribution in [0.15, 0.2) is 0 Å². The normalized spacial score (nSPS) is 24.9. The van der Waals surface area contributed by atoms with E-state index in [1.165, 1.54) is 58.2 Å². The van der Waals surface area contributed by atoms with Crippen molar-refractivity contribution in [3.8, 4) is 0 Å². The minimum absolute atomic E-state index is 0.781. The molecule has 1 aliphatic heterocycles. The molecule has 2 N–H and O–H groups in total. The Morgan fingerprint density at radius 3 is 2.54 bits per heavy atom. The fourth-order valence-electron chi connectivity index (χ4n) is 2.43. The van der Waals surface area contributed by atoms with E-state index in [4.69, 9.17) is 0 Å². The molecule has 0 spiro atoms. The lowest BCUT2D eigenvalue weighted by molar-refractivity contribution is 0.356. The zero-order valence-electron chi connectivity index (χ0n) is 8.52. The van der Waals surface area contributed by atoms with Gasteiger partial charge in [0.05, 0.1) is 0 Å². The molecule has 1 saturated heterocycles. The largest absolute Gasteiger partial charge is 0.314 e. The van der Waals surface area contributed by atoms with Crippen molar-refractivity contribution in [3.05, 3.63) is 0 Å². The van der Waals surface area contributed by atoms with E-state index in [2.05, 4.69) is 10.6 Å². The van der Waals surface area contributed by atoms with Crippen LogP contribution in [0.4, 0.5) is 0 Å². The van der Waals surface area contributed by atoms with Crippen molar-refractivity contribution < 1.29 is 0 Å². The topological polar surface area (TPSA) is 24.1 Å². The highest BCUT2D eigenvalue weighted by Crippen LogP contribution is 2.28. The van der Waals surface area contributed by atoms with E-state index in [-0.39, 0.29) is 0 Å². The summed E-state index contributed by atoms with van der Waals surface area (Å²) in [7, 11) is 0. The summed E-state index contributed by atoms with van der Waals surface area (Å²) in [4.78, 5) is 0. The van der Waals surface area contributed by atoms with Crippen LogP contribution in [0.5, 0.6) is 0 Å². The lowest BCUT2D eigenvalue weighted by atomic mass is 10.0. The standard InChI is InChI=1S/C11H22N2/c1-2-5-10(4-1)6-3-7-13-11-8-12-9-11/h10-13H,1-9H2. The highest BCUT2D eigenvalue weighted by Gasteiger charge is 2.16. The number of hydrogen-bond acceptors (Lipinski definition) is 2. The molecule has 1 aliphatic carbocycles. The molecule has 1 heterocycles. The van der Waals surface area contributed by atoms with Gasteiger partial charge in [-0.05, 0) is 25.3 Å². The van der Waals surface area contributed by atoms with Crippen LogP contribution in [0.1, 0.15) is 38.5 Å². The summed E-state index contributed by atoms with van der Waals surface area (Å²) in [6.45, 7) is 3.61. The maximum absolute atomic E-state index is 3.58. The molecule has 2 rings (SSSR count). The van der Waals surface area contributed by atoms with Gasteiger partial charge in [0.25, 0.3) is 0 Å². The molecule has 2 aliphatic rings. The summed E-state index contributed by atoms with van der Waals surface area (Å²) < 4.78 is 0. The molecular weight excluding hydrogens is 160 g/mol. The molecule has 2 heteroatoms. The predicted molar refractivity (Wildman–Crippen MR) is 55.9 cm³/mol.